The van der Waals surface area contributed by atoms with Crippen molar-refractivity contribution < 1.29 is 9.90 Å². The van der Waals surface area contributed by atoms with Crippen LogP contribution in [0.5, 0.6) is 0 Å². The van der Waals surface area contributed by atoms with Crippen molar-refractivity contribution in [3.8, 4) is 0 Å². The number of thiocarbonyl (C=S) groups is 1. The Bertz CT molecular complexity index is 1240. The van der Waals surface area contributed by atoms with E-state index >= 15 is 0 Å². The minimum absolute atomic E-state index is 0.0198. The van der Waals surface area contributed by atoms with E-state index in [1.165, 1.54) is 28.3 Å². The molecule has 0 heterocycles. The number of aromatic carboxylic acids is 1. The van der Waals surface area contributed by atoms with Crippen LogP contribution in [0.3, 0.4) is 0 Å². The molecular formula is C27H25NO2S. The van der Waals surface area contributed by atoms with E-state index in [-0.39, 0.29) is 16.7 Å². The molecule has 0 saturated carbocycles. The average molecular weight is 428 g/mol. The van der Waals surface area contributed by atoms with Crippen molar-refractivity contribution in [1.82, 2.24) is 0 Å². The summed E-state index contributed by atoms with van der Waals surface area (Å²) in [6, 6.07) is 19.8. The van der Waals surface area contributed by atoms with Gasteiger partial charge in [0.2, 0.25) is 0 Å². The first kappa shape index (κ1) is 21.0. The van der Waals surface area contributed by atoms with Gasteiger partial charge >= 0.3 is 5.97 Å². The Kier molecular flexibility index (Phi) is 5.28. The summed E-state index contributed by atoms with van der Waals surface area (Å²) in [5.74, 6) is -1.06. The topological polar surface area (TPSA) is 63.3 Å². The molecule has 0 aromatic heterocycles. The van der Waals surface area contributed by atoms with Gasteiger partial charge in [0.15, 0.2) is 0 Å². The van der Waals surface area contributed by atoms with Gasteiger partial charge in [0.05, 0.1) is 16.1 Å². The van der Waals surface area contributed by atoms with Crippen LogP contribution in [0.4, 0.5) is 5.69 Å². The van der Waals surface area contributed by atoms with E-state index in [9.17, 15) is 9.90 Å². The number of hydrogen-bond acceptors (Lipinski definition) is 3. The number of nitrogen functional groups attached to an aromatic ring is 1. The van der Waals surface area contributed by atoms with Crippen molar-refractivity contribution in [2.75, 3.05) is 5.73 Å². The molecule has 0 spiro atoms. The lowest BCUT2D eigenvalue weighted by Crippen LogP contribution is -2.22. The fraction of sp³-hybridized carbons (Fsp3) is 0.185. The van der Waals surface area contributed by atoms with Crippen molar-refractivity contribution in [3.05, 3.63) is 106 Å². The van der Waals surface area contributed by atoms with E-state index < -0.39 is 5.97 Å². The van der Waals surface area contributed by atoms with E-state index in [1.54, 1.807) is 12.1 Å². The summed E-state index contributed by atoms with van der Waals surface area (Å²) in [6.07, 6.45) is 3.26. The minimum atomic E-state index is -1.06. The molecule has 0 aliphatic heterocycles. The molecule has 3 aromatic rings. The number of aryl methyl sites for hydroxylation is 1. The molecule has 0 amide bonds. The van der Waals surface area contributed by atoms with Crippen molar-refractivity contribution >= 4 is 34.3 Å². The lowest BCUT2D eigenvalue weighted by Gasteiger charge is -2.33. The summed E-state index contributed by atoms with van der Waals surface area (Å²) in [4.78, 5) is 12.0. The summed E-state index contributed by atoms with van der Waals surface area (Å²) < 4.78 is 0. The van der Waals surface area contributed by atoms with E-state index in [4.69, 9.17) is 18.0 Å². The molecule has 1 aliphatic carbocycles. The van der Waals surface area contributed by atoms with Crippen LogP contribution in [0, 0.1) is 6.92 Å². The third-order valence-corrected chi connectivity index (χ3v) is 6.52. The summed E-state index contributed by atoms with van der Waals surface area (Å²) in [5.41, 5.74) is 13.9. The Labute approximate surface area is 188 Å². The summed E-state index contributed by atoms with van der Waals surface area (Å²) >= 11 is 5.76. The highest BCUT2D eigenvalue weighted by Crippen LogP contribution is 2.42. The van der Waals surface area contributed by atoms with E-state index in [0.29, 0.717) is 10.4 Å². The summed E-state index contributed by atoms with van der Waals surface area (Å²) in [6.45, 7) is 6.59. The maximum absolute atomic E-state index is 11.5. The zero-order valence-electron chi connectivity index (χ0n) is 17.9. The highest BCUT2D eigenvalue weighted by molar-refractivity contribution is 7.81. The first-order chi connectivity index (χ1) is 14.7. The Balaban J connectivity index is 1.83. The van der Waals surface area contributed by atoms with Gasteiger partial charge in [-0.2, -0.15) is 0 Å². The number of carboxylic acids is 1. The van der Waals surface area contributed by atoms with Crippen LogP contribution in [-0.2, 0) is 5.41 Å². The van der Waals surface area contributed by atoms with Crippen LogP contribution in [0.25, 0.3) is 5.57 Å². The maximum Gasteiger partial charge on any atom is 0.337 e. The number of benzene rings is 3. The molecule has 31 heavy (non-hydrogen) atoms. The molecule has 0 radical (unpaired) electrons. The van der Waals surface area contributed by atoms with E-state index in [1.807, 2.05) is 6.07 Å². The number of rotatable bonds is 4. The number of carboxylic acid groups (broad SMARTS) is 1. The van der Waals surface area contributed by atoms with Gasteiger partial charge in [-0.05, 0) is 58.7 Å². The zero-order chi connectivity index (χ0) is 22.3. The van der Waals surface area contributed by atoms with Gasteiger partial charge in [-0.1, -0.05) is 86.2 Å². The zero-order valence-corrected chi connectivity index (χ0v) is 18.7. The van der Waals surface area contributed by atoms with Gasteiger partial charge in [-0.25, -0.2) is 4.79 Å². The molecule has 0 fully saturated rings. The van der Waals surface area contributed by atoms with Gasteiger partial charge in [0.1, 0.15) is 0 Å². The smallest absolute Gasteiger partial charge is 0.337 e. The van der Waals surface area contributed by atoms with Gasteiger partial charge in [-0.15, -0.1) is 0 Å². The molecule has 156 valence electrons. The third-order valence-electron chi connectivity index (χ3n) is 6.06. The summed E-state index contributed by atoms with van der Waals surface area (Å²) in [5, 5.41) is 9.41. The Morgan fingerprint density at radius 3 is 2.39 bits per heavy atom. The number of anilines is 1. The molecule has 0 saturated heterocycles. The van der Waals surface area contributed by atoms with Crippen molar-refractivity contribution in [1.29, 1.82) is 0 Å². The lowest BCUT2D eigenvalue weighted by atomic mass is 9.71. The first-order valence-corrected chi connectivity index (χ1v) is 10.7. The number of carbonyl (C=O) groups is 1. The number of hydrogen-bond donors (Lipinski definition) is 2. The molecule has 4 heteroatoms. The van der Waals surface area contributed by atoms with Crippen LogP contribution in [0.2, 0.25) is 0 Å². The molecule has 0 bridgehead atoms. The number of allylic oxidation sites excluding steroid dienone is 1. The molecular weight excluding hydrogens is 402 g/mol. The highest BCUT2D eigenvalue weighted by atomic mass is 32.1. The Hall–Kier alpha value is -3.24. The van der Waals surface area contributed by atoms with Crippen molar-refractivity contribution in [2.24, 2.45) is 0 Å². The molecule has 4 rings (SSSR count). The van der Waals surface area contributed by atoms with Gasteiger partial charge in [0.25, 0.3) is 0 Å². The standard InChI is InChI=1S/C27H25NO2S/c1-16-7-9-17(10-8-16)19-13-14-27(2,3)23-12-11-18(15-22(19)23)25(31)20-5-4-6-21(24(20)28)26(29)30/h4-13,15H,14,28H2,1-3H3,(H,29,30). The van der Waals surface area contributed by atoms with Gasteiger partial charge < -0.3 is 10.8 Å². The largest absolute Gasteiger partial charge is 0.478 e. The fourth-order valence-electron chi connectivity index (χ4n) is 4.19. The molecule has 0 atom stereocenters. The highest BCUT2D eigenvalue weighted by Gasteiger charge is 2.29. The maximum atomic E-state index is 11.5. The first-order valence-electron chi connectivity index (χ1n) is 10.3. The normalized spacial score (nSPS) is 14.5. The Morgan fingerprint density at radius 2 is 1.71 bits per heavy atom. The third kappa shape index (κ3) is 3.79. The van der Waals surface area contributed by atoms with E-state index in [2.05, 4.69) is 63.2 Å². The molecule has 3 aromatic carbocycles. The SMILES string of the molecule is Cc1ccc(C2=CCC(C)(C)c3ccc(C(=S)c4cccc(C(=O)O)c4N)cc32)cc1. The predicted octanol–water partition coefficient (Wildman–Crippen LogP) is 6.15. The number of fused-ring (bicyclic) bond motifs is 1. The van der Waals surface area contributed by atoms with E-state index in [0.717, 1.165) is 17.5 Å². The molecule has 1 aliphatic rings. The molecule has 3 N–H and O–H groups in total. The van der Waals surface area contributed by atoms with Crippen LogP contribution in [0.15, 0.2) is 66.7 Å². The number of nitrogens with two attached hydrogens (primary N) is 1. The van der Waals surface area contributed by atoms with Crippen molar-refractivity contribution in [2.45, 2.75) is 32.6 Å². The molecule has 3 nitrogen and oxygen atoms in total. The minimum Gasteiger partial charge on any atom is -0.478 e. The molecule has 0 unspecified atom stereocenters. The Morgan fingerprint density at radius 1 is 1.03 bits per heavy atom. The summed E-state index contributed by atoms with van der Waals surface area (Å²) in [7, 11) is 0. The average Bonchev–Trinajstić information content (AvgIpc) is 2.74. The second kappa shape index (κ2) is 7.78. The quantitative estimate of drug-likeness (QED) is 0.298. The van der Waals surface area contributed by atoms with Crippen LogP contribution >= 0.6 is 12.2 Å². The van der Waals surface area contributed by atoms with Crippen LogP contribution in [-0.4, -0.2) is 15.9 Å². The van der Waals surface area contributed by atoms with Crippen molar-refractivity contribution in [3.63, 3.8) is 0 Å². The second-order valence-corrected chi connectivity index (χ2v) is 9.14. The monoisotopic (exact) mass is 427 g/mol. The van der Waals surface area contributed by atoms with Crippen LogP contribution < -0.4 is 5.73 Å². The van der Waals surface area contributed by atoms with Gasteiger partial charge in [-0.3, -0.25) is 0 Å². The fourth-order valence-corrected chi connectivity index (χ4v) is 4.49. The number of para-hydroxylation sites is 1. The second-order valence-electron chi connectivity index (χ2n) is 8.73. The van der Waals surface area contributed by atoms with Crippen LogP contribution in [0.1, 0.15) is 64.0 Å². The lowest BCUT2D eigenvalue weighted by molar-refractivity contribution is 0.0698. The van der Waals surface area contributed by atoms with Gasteiger partial charge in [0, 0.05) is 5.56 Å². The predicted molar refractivity (Wildman–Crippen MR) is 131 cm³/mol.